The summed E-state index contributed by atoms with van der Waals surface area (Å²) in [6, 6.07) is 5.73. The molecule has 1 aromatic carbocycles. The molecule has 0 aliphatic carbocycles. The van der Waals surface area contributed by atoms with Gasteiger partial charge in [0.05, 0.1) is 12.8 Å². The summed E-state index contributed by atoms with van der Waals surface area (Å²) in [6.45, 7) is 0.814. The molecule has 5 nitrogen and oxygen atoms in total. The molecule has 0 bridgehead atoms. The first-order valence-corrected chi connectivity index (χ1v) is 6.29. The second-order valence-electron chi connectivity index (χ2n) is 4.65. The summed E-state index contributed by atoms with van der Waals surface area (Å²) in [5.74, 6) is 0.522. The number of aliphatic hydroxyl groups excluding tert-OH is 1. The van der Waals surface area contributed by atoms with Crippen molar-refractivity contribution in [1.82, 2.24) is 4.90 Å². The molecule has 0 aliphatic heterocycles. The number of hydrogen-bond acceptors (Lipinski definition) is 4. The zero-order valence-corrected chi connectivity index (χ0v) is 11.8. The van der Waals surface area contributed by atoms with Gasteiger partial charge in [-0.05, 0) is 38.2 Å². The standard InChI is InChI=1S/C14H22N2O3/c1-16(2)10-11-6-7-13(19-3)12(9-11)15-14(18)5-4-8-17/h6-7,9,17H,4-5,8,10H2,1-3H3,(H,15,18). The van der Waals surface area contributed by atoms with Gasteiger partial charge >= 0.3 is 0 Å². The van der Waals surface area contributed by atoms with Crippen LogP contribution < -0.4 is 10.1 Å². The predicted octanol–water partition coefficient (Wildman–Crippen LogP) is 1.47. The lowest BCUT2D eigenvalue weighted by Crippen LogP contribution is -2.14. The molecule has 106 valence electrons. The smallest absolute Gasteiger partial charge is 0.224 e. The van der Waals surface area contributed by atoms with Crippen LogP contribution in [0.5, 0.6) is 5.75 Å². The maximum absolute atomic E-state index is 11.7. The van der Waals surface area contributed by atoms with Gasteiger partial charge in [-0.1, -0.05) is 6.07 Å². The summed E-state index contributed by atoms with van der Waals surface area (Å²) in [7, 11) is 5.55. The Kier molecular flexibility index (Phi) is 6.32. The summed E-state index contributed by atoms with van der Waals surface area (Å²) < 4.78 is 5.23. The van der Waals surface area contributed by atoms with Gasteiger partial charge in [0.15, 0.2) is 0 Å². The molecule has 5 heteroatoms. The third kappa shape index (κ3) is 5.28. The number of anilines is 1. The van der Waals surface area contributed by atoms with Crippen molar-refractivity contribution in [3.63, 3.8) is 0 Å². The van der Waals surface area contributed by atoms with Gasteiger partial charge in [-0.3, -0.25) is 4.79 Å². The van der Waals surface area contributed by atoms with E-state index < -0.39 is 0 Å². The summed E-state index contributed by atoms with van der Waals surface area (Å²) in [4.78, 5) is 13.7. The Balaban J connectivity index is 2.80. The van der Waals surface area contributed by atoms with Gasteiger partial charge in [0, 0.05) is 19.6 Å². The third-order valence-electron chi connectivity index (χ3n) is 2.60. The molecular formula is C14H22N2O3. The highest BCUT2D eigenvalue weighted by Crippen LogP contribution is 2.26. The molecule has 0 aliphatic rings. The van der Waals surface area contributed by atoms with Crippen LogP contribution >= 0.6 is 0 Å². The van der Waals surface area contributed by atoms with Crippen molar-refractivity contribution in [2.75, 3.05) is 33.1 Å². The van der Waals surface area contributed by atoms with Crippen LogP contribution in [0.2, 0.25) is 0 Å². The maximum Gasteiger partial charge on any atom is 0.224 e. The number of benzene rings is 1. The lowest BCUT2D eigenvalue weighted by Gasteiger charge is -2.14. The number of hydrogen-bond donors (Lipinski definition) is 2. The van der Waals surface area contributed by atoms with E-state index in [1.54, 1.807) is 7.11 Å². The summed E-state index contributed by atoms with van der Waals surface area (Å²) in [5.41, 5.74) is 1.77. The van der Waals surface area contributed by atoms with Crippen molar-refractivity contribution < 1.29 is 14.6 Å². The topological polar surface area (TPSA) is 61.8 Å². The van der Waals surface area contributed by atoms with Gasteiger partial charge in [0.2, 0.25) is 5.91 Å². The molecule has 19 heavy (non-hydrogen) atoms. The minimum Gasteiger partial charge on any atom is -0.495 e. The van der Waals surface area contributed by atoms with E-state index >= 15 is 0 Å². The second-order valence-corrected chi connectivity index (χ2v) is 4.65. The lowest BCUT2D eigenvalue weighted by molar-refractivity contribution is -0.116. The van der Waals surface area contributed by atoms with Crippen molar-refractivity contribution in [2.24, 2.45) is 0 Å². The average Bonchev–Trinajstić information content (AvgIpc) is 2.36. The first-order chi connectivity index (χ1) is 9.06. The van der Waals surface area contributed by atoms with E-state index in [0.717, 1.165) is 12.1 Å². The monoisotopic (exact) mass is 266 g/mol. The fourth-order valence-corrected chi connectivity index (χ4v) is 1.77. The van der Waals surface area contributed by atoms with E-state index in [9.17, 15) is 4.79 Å². The maximum atomic E-state index is 11.7. The molecule has 0 aromatic heterocycles. The molecule has 2 N–H and O–H groups in total. The molecule has 1 amide bonds. The van der Waals surface area contributed by atoms with Crippen LogP contribution in [0, 0.1) is 0 Å². The number of aliphatic hydroxyl groups is 1. The largest absolute Gasteiger partial charge is 0.495 e. The molecule has 1 rings (SSSR count). The zero-order valence-electron chi connectivity index (χ0n) is 11.8. The average molecular weight is 266 g/mol. The molecule has 0 saturated carbocycles. The van der Waals surface area contributed by atoms with E-state index in [1.165, 1.54) is 0 Å². The van der Waals surface area contributed by atoms with Crippen molar-refractivity contribution in [3.05, 3.63) is 23.8 Å². The summed E-state index contributed by atoms with van der Waals surface area (Å²) in [5, 5.41) is 11.5. The van der Waals surface area contributed by atoms with Crippen LogP contribution in [0.25, 0.3) is 0 Å². The molecule has 0 spiro atoms. The van der Waals surface area contributed by atoms with Crippen LogP contribution in [-0.4, -0.2) is 43.7 Å². The van der Waals surface area contributed by atoms with E-state index in [1.807, 2.05) is 32.3 Å². The highest BCUT2D eigenvalue weighted by atomic mass is 16.5. The van der Waals surface area contributed by atoms with E-state index in [-0.39, 0.29) is 12.5 Å². The van der Waals surface area contributed by atoms with Crippen LogP contribution in [0.3, 0.4) is 0 Å². The van der Waals surface area contributed by atoms with E-state index in [0.29, 0.717) is 24.3 Å². The normalized spacial score (nSPS) is 10.6. The van der Waals surface area contributed by atoms with Crippen LogP contribution in [0.15, 0.2) is 18.2 Å². The Labute approximate surface area is 114 Å². The molecular weight excluding hydrogens is 244 g/mol. The zero-order chi connectivity index (χ0) is 14.3. The molecule has 0 saturated heterocycles. The Bertz CT molecular complexity index is 419. The minimum atomic E-state index is -0.116. The SMILES string of the molecule is COc1ccc(CN(C)C)cc1NC(=O)CCCO. The number of carbonyl (C=O) groups excluding carboxylic acids is 1. The number of amides is 1. The highest BCUT2D eigenvalue weighted by molar-refractivity contribution is 5.92. The van der Waals surface area contributed by atoms with E-state index in [2.05, 4.69) is 10.2 Å². The minimum absolute atomic E-state index is 0.0191. The number of ether oxygens (including phenoxy) is 1. The highest BCUT2D eigenvalue weighted by Gasteiger charge is 2.08. The van der Waals surface area contributed by atoms with Gasteiger partial charge < -0.3 is 20.1 Å². The Morgan fingerprint density at radius 1 is 1.42 bits per heavy atom. The Morgan fingerprint density at radius 2 is 2.16 bits per heavy atom. The van der Waals surface area contributed by atoms with Crippen molar-refractivity contribution >= 4 is 11.6 Å². The number of carbonyl (C=O) groups is 1. The van der Waals surface area contributed by atoms with Gasteiger partial charge in [-0.15, -0.1) is 0 Å². The van der Waals surface area contributed by atoms with Gasteiger partial charge in [0.25, 0.3) is 0 Å². The summed E-state index contributed by atoms with van der Waals surface area (Å²) >= 11 is 0. The first kappa shape index (κ1) is 15.5. The number of nitrogens with zero attached hydrogens (tertiary/aromatic N) is 1. The van der Waals surface area contributed by atoms with Crippen LogP contribution in [-0.2, 0) is 11.3 Å². The Morgan fingerprint density at radius 3 is 2.74 bits per heavy atom. The van der Waals surface area contributed by atoms with Crippen LogP contribution in [0.4, 0.5) is 5.69 Å². The first-order valence-electron chi connectivity index (χ1n) is 6.29. The van der Waals surface area contributed by atoms with Gasteiger partial charge in [0.1, 0.15) is 5.75 Å². The quantitative estimate of drug-likeness (QED) is 0.784. The van der Waals surface area contributed by atoms with Gasteiger partial charge in [-0.2, -0.15) is 0 Å². The molecule has 0 unspecified atom stereocenters. The fraction of sp³-hybridized carbons (Fsp3) is 0.500. The molecule has 0 heterocycles. The molecule has 0 radical (unpaired) electrons. The Hall–Kier alpha value is -1.59. The van der Waals surface area contributed by atoms with Crippen molar-refractivity contribution in [2.45, 2.75) is 19.4 Å². The second kappa shape index (κ2) is 7.76. The molecule has 1 aromatic rings. The van der Waals surface area contributed by atoms with Crippen LogP contribution in [0.1, 0.15) is 18.4 Å². The lowest BCUT2D eigenvalue weighted by atomic mass is 10.1. The fourth-order valence-electron chi connectivity index (χ4n) is 1.77. The number of rotatable bonds is 7. The predicted molar refractivity (Wildman–Crippen MR) is 75.3 cm³/mol. The molecule has 0 fully saturated rings. The number of methoxy groups -OCH3 is 1. The summed E-state index contributed by atoms with van der Waals surface area (Å²) in [6.07, 6.45) is 0.767. The van der Waals surface area contributed by atoms with Crippen molar-refractivity contribution in [3.8, 4) is 5.75 Å². The van der Waals surface area contributed by atoms with Gasteiger partial charge in [-0.25, -0.2) is 0 Å². The number of nitrogens with one attached hydrogen (secondary N) is 1. The molecule has 0 atom stereocenters. The third-order valence-corrected chi connectivity index (χ3v) is 2.60. The van der Waals surface area contributed by atoms with Crippen molar-refractivity contribution in [1.29, 1.82) is 0 Å². The van der Waals surface area contributed by atoms with E-state index in [4.69, 9.17) is 9.84 Å².